The van der Waals surface area contributed by atoms with E-state index in [1.165, 1.54) is 35.8 Å². The topological polar surface area (TPSA) is 52.6 Å². The van der Waals surface area contributed by atoms with Crippen LogP contribution in [0.5, 0.6) is 0 Å². The van der Waals surface area contributed by atoms with E-state index in [1.54, 1.807) is 11.3 Å². The van der Waals surface area contributed by atoms with Crippen LogP contribution in [-0.2, 0) is 6.42 Å². The minimum atomic E-state index is 0. The molecule has 1 atom stereocenters. The van der Waals surface area contributed by atoms with Crippen molar-refractivity contribution in [1.82, 2.24) is 20.5 Å². The second-order valence-electron chi connectivity index (χ2n) is 5.77. The van der Waals surface area contributed by atoms with Gasteiger partial charge in [0.15, 0.2) is 5.96 Å². The second kappa shape index (κ2) is 10.4. The Morgan fingerprint density at radius 1 is 1.50 bits per heavy atom. The molecule has 2 N–H and O–H groups in total. The molecule has 0 aromatic carbocycles. The van der Waals surface area contributed by atoms with Gasteiger partial charge in [-0.05, 0) is 39.3 Å². The number of rotatable bonds is 5. The molecule has 0 bridgehead atoms. The van der Waals surface area contributed by atoms with Gasteiger partial charge in [-0.3, -0.25) is 4.99 Å². The molecular formula is C15H28IN5S. The number of guanidine groups is 1. The van der Waals surface area contributed by atoms with Gasteiger partial charge in [-0.1, -0.05) is 0 Å². The summed E-state index contributed by atoms with van der Waals surface area (Å²) in [5, 5.41) is 8.00. The molecule has 1 aliphatic heterocycles. The molecule has 1 unspecified atom stereocenters. The average molecular weight is 437 g/mol. The first-order valence-corrected chi connectivity index (χ1v) is 8.53. The second-order valence-corrected chi connectivity index (χ2v) is 7.08. The van der Waals surface area contributed by atoms with Crippen LogP contribution in [-0.4, -0.2) is 56.1 Å². The molecule has 1 saturated heterocycles. The Kier molecular flexibility index (Phi) is 9.27. The maximum atomic E-state index is 4.38. The maximum absolute atomic E-state index is 4.38. The van der Waals surface area contributed by atoms with Crippen LogP contribution < -0.4 is 10.6 Å². The van der Waals surface area contributed by atoms with Gasteiger partial charge in [-0.2, -0.15) is 0 Å². The molecule has 1 aromatic heterocycles. The quantitative estimate of drug-likeness (QED) is 0.421. The van der Waals surface area contributed by atoms with Crippen LogP contribution in [0.4, 0.5) is 0 Å². The molecule has 1 fully saturated rings. The largest absolute Gasteiger partial charge is 0.356 e. The van der Waals surface area contributed by atoms with Crippen LogP contribution in [0.25, 0.3) is 0 Å². The fourth-order valence-corrected chi connectivity index (χ4v) is 3.49. The maximum Gasteiger partial charge on any atom is 0.191 e. The minimum Gasteiger partial charge on any atom is -0.356 e. The van der Waals surface area contributed by atoms with Crippen LogP contribution in [0.1, 0.15) is 22.7 Å². The van der Waals surface area contributed by atoms with Crippen molar-refractivity contribution in [1.29, 1.82) is 0 Å². The molecule has 126 valence electrons. The number of aromatic nitrogens is 1. The van der Waals surface area contributed by atoms with Crippen LogP contribution in [0.15, 0.2) is 11.2 Å². The highest BCUT2D eigenvalue weighted by Gasteiger charge is 2.17. The number of hydrogen-bond donors (Lipinski definition) is 2. The van der Waals surface area contributed by atoms with E-state index in [1.807, 2.05) is 13.2 Å². The number of hydrogen-bond acceptors (Lipinski definition) is 4. The van der Waals surface area contributed by atoms with Crippen molar-refractivity contribution in [3.05, 3.63) is 16.1 Å². The van der Waals surface area contributed by atoms with Gasteiger partial charge in [0.2, 0.25) is 0 Å². The molecule has 2 rings (SSSR count). The molecule has 0 spiro atoms. The monoisotopic (exact) mass is 437 g/mol. The predicted octanol–water partition coefficient (Wildman–Crippen LogP) is 2.12. The Morgan fingerprint density at radius 2 is 2.32 bits per heavy atom. The van der Waals surface area contributed by atoms with Crippen molar-refractivity contribution in [2.24, 2.45) is 10.9 Å². The molecule has 5 nitrogen and oxygen atoms in total. The molecule has 0 aliphatic carbocycles. The molecule has 0 amide bonds. The Bertz CT molecular complexity index is 463. The fourth-order valence-electron chi connectivity index (χ4n) is 2.71. The summed E-state index contributed by atoms with van der Waals surface area (Å²) in [5.41, 5.74) is 0. The highest BCUT2D eigenvalue weighted by Crippen LogP contribution is 2.13. The van der Waals surface area contributed by atoms with E-state index in [0.717, 1.165) is 31.4 Å². The van der Waals surface area contributed by atoms with Crippen molar-refractivity contribution in [2.75, 3.05) is 40.3 Å². The molecule has 1 aromatic rings. The van der Waals surface area contributed by atoms with Gasteiger partial charge in [0.25, 0.3) is 0 Å². The zero-order chi connectivity index (χ0) is 15.1. The van der Waals surface area contributed by atoms with Crippen molar-refractivity contribution in [3.8, 4) is 0 Å². The lowest BCUT2D eigenvalue weighted by Gasteiger charge is -2.30. The highest BCUT2D eigenvalue weighted by atomic mass is 127. The molecular weight excluding hydrogens is 409 g/mol. The van der Waals surface area contributed by atoms with Gasteiger partial charge >= 0.3 is 0 Å². The molecule has 22 heavy (non-hydrogen) atoms. The molecule has 7 heteroatoms. The summed E-state index contributed by atoms with van der Waals surface area (Å²) in [6.07, 6.45) is 5.50. The lowest BCUT2D eigenvalue weighted by molar-refractivity contribution is 0.210. The molecule has 1 aliphatic rings. The number of piperidine rings is 1. The summed E-state index contributed by atoms with van der Waals surface area (Å²) < 4.78 is 0. The molecule has 0 saturated carbocycles. The number of nitrogens with one attached hydrogen (secondary N) is 2. The Balaban J connectivity index is 0.00000242. The number of halogens is 1. The molecule has 2 heterocycles. The Labute approximate surface area is 155 Å². The average Bonchev–Trinajstić information content (AvgIpc) is 2.88. The zero-order valence-electron chi connectivity index (χ0n) is 13.8. The number of aliphatic imine (C=N–C) groups is 1. The Hall–Kier alpha value is -0.410. The predicted molar refractivity (Wildman–Crippen MR) is 106 cm³/mol. The number of nitrogens with zero attached hydrogens (tertiary/aromatic N) is 3. The van der Waals surface area contributed by atoms with E-state index in [-0.39, 0.29) is 24.0 Å². The van der Waals surface area contributed by atoms with Crippen molar-refractivity contribution in [3.63, 3.8) is 0 Å². The first-order valence-electron chi connectivity index (χ1n) is 7.71. The summed E-state index contributed by atoms with van der Waals surface area (Å²) in [4.78, 5) is 12.4. The van der Waals surface area contributed by atoms with Crippen molar-refractivity contribution < 1.29 is 0 Å². The summed E-state index contributed by atoms with van der Waals surface area (Å²) >= 11 is 1.77. The van der Waals surface area contributed by atoms with Gasteiger partial charge in [-0.25, -0.2) is 4.98 Å². The van der Waals surface area contributed by atoms with Crippen LogP contribution >= 0.6 is 35.3 Å². The number of aryl methyl sites for hydroxylation is 1. The normalized spacial score (nSPS) is 19.6. The van der Waals surface area contributed by atoms with Gasteiger partial charge in [0, 0.05) is 44.2 Å². The SMILES string of the molecule is CN=C(NCCc1ncc(C)s1)NCC1CCCN(C)C1.I. The standard InChI is InChI=1S/C15H27N5S.HI/c1-12-9-18-14(21-12)6-7-17-15(16-2)19-10-13-5-4-8-20(3)11-13;/h9,13H,4-8,10-11H2,1-3H3,(H2,16,17,19);1H. The first-order chi connectivity index (χ1) is 10.2. The Morgan fingerprint density at radius 3 is 2.95 bits per heavy atom. The minimum absolute atomic E-state index is 0. The molecule has 0 radical (unpaired) electrons. The summed E-state index contributed by atoms with van der Waals surface area (Å²) in [7, 11) is 4.03. The van der Waals surface area contributed by atoms with Crippen LogP contribution in [0, 0.1) is 12.8 Å². The summed E-state index contributed by atoms with van der Waals surface area (Å²) in [6.45, 7) is 6.38. The van der Waals surface area contributed by atoms with Gasteiger partial charge < -0.3 is 15.5 Å². The van der Waals surface area contributed by atoms with E-state index in [9.17, 15) is 0 Å². The fraction of sp³-hybridized carbons (Fsp3) is 0.733. The zero-order valence-corrected chi connectivity index (χ0v) is 16.9. The lowest BCUT2D eigenvalue weighted by atomic mass is 9.99. The van der Waals surface area contributed by atoms with E-state index < -0.39 is 0 Å². The summed E-state index contributed by atoms with van der Waals surface area (Å²) in [5.74, 6) is 1.63. The van der Waals surface area contributed by atoms with E-state index in [2.05, 4.69) is 39.5 Å². The summed E-state index contributed by atoms with van der Waals surface area (Å²) in [6, 6.07) is 0. The third-order valence-corrected chi connectivity index (χ3v) is 4.78. The van der Waals surface area contributed by atoms with Crippen molar-refractivity contribution in [2.45, 2.75) is 26.2 Å². The first kappa shape index (κ1) is 19.6. The van der Waals surface area contributed by atoms with E-state index in [0.29, 0.717) is 0 Å². The van der Waals surface area contributed by atoms with Gasteiger partial charge in [0.05, 0.1) is 5.01 Å². The van der Waals surface area contributed by atoms with Gasteiger partial charge in [0.1, 0.15) is 0 Å². The van der Waals surface area contributed by atoms with Crippen LogP contribution in [0.3, 0.4) is 0 Å². The van der Waals surface area contributed by atoms with E-state index in [4.69, 9.17) is 0 Å². The third kappa shape index (κ3) is 6.78. The van der Waals surface area contributed by atoms with Gasteiger partial charge in [-0.15, -0.1) is 35.3 Å². The smallest absolute Gasteiger partial charge is 0.191 e. The van der Waals surface area contributed by atoms with Crippen LogP contribution in [0.2, 0.25) is 0 Å². The third-order valence-electron chi connectivity index (χ3n) is 3.80. The number of thiazole rings is 1. The van der Waals surface area contributed by atoms with Crippen molar-refractivity contribution >= 4 is 41.3 Å². The lowest BCUT2D eigenvalue weighted by Crippen LogP contribution is -2.44. The van der Waals surface area contributed by atoms with E-state index >= 15 is 0 Å². The highest BCUT2D eigenvalue weighted by molar-refractivity contribution is 14.0. The number of likely N-dealkylation sites (tertiary alicyclic amines) is 1.